The first-order chi connectivity index (χ1) is 11.1. The minimum Gasteiger partial charge on any atom is -0.497 e. The molecule has 0 saturated carbocycles. The van der Waals surface area contributed by atoms with Crippen molar-refractivity contribution in [2.75, 3.05) is 13.4 Å². The van der Waals surface area contributed by atoms with Gasteiger partial charge in [0.05, 0.1) is 21.9 Å². The Morgan fingerprint density at radius 2 is 2.12 bits per heavy atom. The molecule has 0 bridgehead atoms. The van der Waals surface area contributed by atoms with Crippen LogP contribution in [0.15, 0.2) is 39.9 Å². The molecule has 4 nitrogen and oxygen atoms in total. The van der Waals surface area contributed by atoms with E-state index in [-0.39, 0.29) is 18.2 Å². The lowest BCUT2D eigenvalue weighted by atomic mass is 10.1. The van der Waals surface area contributed by atoms with Crippen molar-refractivity contribution in [3.05, 3.63) is 40.6 Å². The van der Waals surface area contributed by atoms with Gasteiger partial charge in [-0.15, -0.1) is 46.8 Å². The maximum Gasteiger partial charge on any atom is 0.133 e. The zero-order valence-electron chi connectivity index (χ0n) is 13.0. The van der Waals surface area contributed by atoms with E-state index in [0.717, 1.165) is 36.7 Å². The monoisotopic (exact) mass is 397 g/mol. The van der Waals surface area contributed by atoms with E-state index >= 15 is 0 Å². The summed E-state index contributed by atoms with van der Waals surface area (Å²) in [5, 5.41) is 10.6. The number of methoxy groups -OCH3 is 1. The van der Waals surface area contributed by atoms with Gasteiger partial charge >= 0.3 is 0 Å². The Kier molecular flexibility index (Phi) is 6.28. The number of nitrogens with one attached hydrogen (secondary N) is 1. The minimum atomic E-state index is 0. The molecule has 24 heavy (non-hydrogen) atoms. The first-order valence-corrected chi connectivity index (χ1v) is 9.67. The largest absolute Gasteiger partial charge is 0.497 e. The van der Waals surface area contributed by atoms with Gasteiger partial charge in [-0.25, -0.2) is 4.98 Å². The number of thiazole rings is 1. The number of nitrogens with zero attached hydrogens (tertiary/aromatic N) is 1. The standard InChI is InChI=1S/C16H15N3OS3.ClH/c1-20-10-5-3-4-9(6-10)12-8-22-15(19-12)11-7-13(14(17)18)23-16(11)21-2;/h3-8H,1-2H3,(H3,17,18);1H. The molecule has 0 aliphatic heterocycles. The third-order valence-corrected chi connectivity index (χ3v) is 6.43. The number of amidine groups is 1. The summed E-state index contributed by atoms with van der Waals surface area (Å²) in [6.07, 6.45) is 2.02. The van der Waals surface area contributed by atoms with Crippen LogP contribution in [0.2, 0.25) is 0 Å². The van der Waals surface area contributed by atoms with Crippen LogP contribution in [0.3, 0.4) is 0 Å². The minimum absolute atomic E-state index is 0. The molecule has 1 aromatic carbocycles. The van der Waals surface area contributed by atoms with Crippen LogP contribution < -0.4 is 10.5 Å². The van der Waals surface area contributed by atoms with Gasteiger partial charge in [-0.2, -0.15) is 0 Å². The molecular weight excluding hydrogens is 382 g/mol. The lowest BCUT2D eigenvalue weighted by Gasteiger charge is -2.01. The topological polar surface area (TPSA) is 72.0 Å². The van der Waals surface area contributed by atoms with Gasteiger partial charge in [0.2, 0.25) is 0 Å². The van der Waals surface area contributed by atoms with Crippen LogP contribution in [0.5, 0.6) is 5.75 Å². The molecule has 3 aromatic rings. The average Bonchev–Trinajstić information content (AvgIpc) is 3.21. The zero-order valence-corrected chi connectivity index (χ0v) is 16.3. The Hall–Kier alpha value is -1.54. The molecule has 0 aliphatic rings. The zero-order chi connectivity index (χ0) is 16.4. The maximum absolute atomic E-state index is 7.62. The summed E-state index contributed by atoms with van der Waals surface area (Å²) in [6, 6.07) is 9.82. The molecule has 126 valence electrons. The van der Waals surface area contributed by atoms with Crippen molar-refractivity contribution in [3.8, 4) is 27.6 Å². The number of thiophene rings is 1. The van der Waals surface area contributed by atoms with Gasteiger partial charge in [-0.1, -0.05) is 12.1 Å². The molecule has 0 atom stereocenters. The number of ether oxygens (including phenoxy) is 1. The highest BCUT2D eigenvalue weighted by Crippen LogP contribution is 2.40. The van der Waals surface area contributed by atoms with E-state index < -0.39 is 0 Å². The predicted molar refractivity (Wildman–Crippen MR) is 107 cm³/mol. The number of hydrogen-bond donors (Lipinski definition) is 2. The van der Waals surface area contributed by atoms with Gasteiger partial charge in [0.25, 0.3) is 0 Å². The fourth-order valence-corrected chi connectivity index (χ4v) is 4.83. The van der Waals surface area contributed by atoms with Crippen LogP contribution in [-0.2, 0) is 0 Å². The van der Waals surface area contributed by atoms with Gasteiger partial charge < -0.3 is 10.5 Å². The number of thioether (sulfide) groups is 1. The second-order valence-electron chi connectivity index (χ2n) is 4.70. The van der Waals surface area contributed by atoms with Gasteiger partial charge in [-0.3, -0.25) is 5.41 Å². The van der Waals surface area contributed by atoms with Gasteiger partial charge in [-0.05, 0) is 24.5 Å². The molecule has 0 spiro atoms. The fraction of sp³-hybridized carbons (Fsp3) is 0.125. The lowest BCUT2D eigenvalue weighted by molar-refractivity contribution is 0.415. The van der Waals surface area contributed by atoms with E-state index in [4.69, 9.17) is 20.9 Å². The molecule has 0 radical (unpaired) electrons. The molecule has 3 rings (SSSR count). The van der Waals surface area contributed by atoms with Gasteiger partial charge in [0.15, 0.2) is 0 Å². The molecule has 2 heterocycles. The summed E-state index contributed by atoms with van der Waals surface area (Å²) in [7, 11) is 1.66. The number of halogens is 1. The highest BCUT2D eigenvalue weighted by Gasteiger charge is 2.15. The molecule has 0 amide bonds. The van der Waals surface area contributed by atoms with Crippen LogP contribution in [0.1, 0.15) is 4.88 Å². The number of aromatic nitrogens is 1. The predicted octanol–water partition coefficient (Wildman–Crippen LogP) is 4.97. The van der Waals surface area contributed by atoms with E-state index in [0.29, 0.717) is 0 Å². The highest BCUT2D eigenvalue weighted by molar-refractivity contribution is 8.00. The molecule has 0 saturated heterocycles. The quantitative estimate of drug-likeness (QED) is 0.362. The summed E-state index contributed by atoms with van der Waals surface area (Å²) in [4.78, 5) is 5.53. The van der Waals surface area contributed by atoms with Crippen molar-refractivity contribution in [2.24, 2.45) is 5.73 Å². The summed E-state index contributed by atoms with van der Waals surface area (Å²) in [6.45, 7) is 0. The first-order valence-electron chi connectivity index (χ1n) is 6.75. The normalized spacial score (nSPS) is 10.2. The van der Waals surface area contributed by atoms with Crippen molar-refractivity contribution < 1.29 is 4.74 Å². The van der Waals surface area contributed by atoms with Crippen molar-refractivity contribution in [2.45, 2.75) is 4.21 Å². The third kappa shape index (κ3) is 3.75. The van der Waals surface area contributed by atoms with E-state index in [1.165, 1.54) is 11.3 Å². The van der Waals surface area contributed by atoms with Crippen molar-refractivity contribution in [1.82, 2.24) is 4.98 Å². The Bertz CT molecular complexity index is 860. The first kappa shape index (κ1) is 18.8. The number of hydrogen-bond acceptors (Lipinski definition) is 6. The van der Waals surface area contributed by atoms with Crippen molar-refractivity contribution in [1.29, 1.82) is 5.41 Å². The molecule has 8 heteroatoms. The second kappa shape index (κ2) is 8.02. The van der Waals surface area contributed by atoms with Crippen LogP contribution in [-0.4, -0.2) is 24.2 Å². The number of nitrogen functional groups attached to an aromatic ring is 1. The second-order valence-corrected chi connectivity index (χ2v) is 7.68. The van der Waals surface area contributed by atoms with Crippen LogP contribution in [0.4, 0.5) is 0 Å². The van der Waals surface area contributed by atoms with E-state index in [1.807, 2.05) is 42.0 Å². The van der Waals surface area contributed by atoms with Crippen molar-refractivity contribution >= 4 is 52.7 Å². The number of nitrogens with two attached hydrogens (primary N) is 1. The molecule has 3 N–H and O–H groups in total. The Morgan fingerprint density at radius 1 is 1.33 bits per heavy atom. The Morgan fingerprint density at radius 3 is 2.79 bits per heavy atom. The number of benzene rings is 1. The molecule has 0 aliphatic carbocycles. The van der Waals surface area contributed by atoms with Crippen LogP contribution in [0, 0.1) is 5.41 Å². The lowest BCUT2D eigenvalue weighted by Crippen LogP contribution is -2.08. The van der Waals surface area contributed by atoms with Gasteiger partial charge in [0.1, 0.15) is 16.6 Å². The van der Waals surface area contributed by atoms with Gasteiger partial charge in [0, 0.05) is 16.5 Å². The summed E-state index contributed by atoms with van der Waals surface area (Å²) < 4.78 is 6.40. The maximum atomic E-state index is 7.62. The number of rotatable bonds is 5. The summed E-state index contributed by atoms with van der Waals surface area (Å²) in [5.41, 5.74) is 8.61. The average molecular weight is 398 g/mol. The van der Waals surface area contributed by atoms with Crippen LogP contribution >= 0.6 is 46.8 Å². The Balaban J connectivity index is 0.00000208. The van der Waals surface area contributed by atoms with E-state index in [1.54, 1.807) is 30.2 Å². The smallest absolute Gasteiger partial charge is 0.133 e. The summed E-state index contributed by atoms with van der Waals surface area (Å²) in [5.74, 6) is 0.914. The SMILES string of the molecule is COc1cccc(-c2csc(-c3cc(C(=N)N)sc3SC)n2)c1.Cl. The van der Waals surface area contributed by atoms with Crippen LogP contribution in [0.25, 0.3) is 21.8 Å². The molecule has 0 fully saturated rings. The van der Waals surface area contributed by atoms with E-state index in [9.17, 15) is 0 Å². The summed E-state index contributed by atoms with van der Waals surface area (Å²) >= 11 is 4.78. The van der Waals surface area contributed by atoms with Crippen molar-refractivity contribution in [3.63, 3.8) is 0 Å². The fourth-order valence-electron chi connectivity index (χ4n) is 2.12. The molecular formula is C16H16ClN3OS3. The Labute approximate surface area is 159 Å². The van der Waals surface area contributed by atoms with E-state index in [2.05, 4.69) is 0 Å². The molecule has 0 unspecified atom stereocenters. The third-order valence-electron chi connectivity index (χ3n) is 3.25. The molecule has 2 aromatic heterocycles. The highest BCUT2D eigenvalue weighted by atomic mass is 35.5.